The Labute approximate surface area is 416 Å². The number of hydrogen-bond acceptors (Lipinski definition) is 0. The van der Waals surface area contributed by atoms with Crippen molar-refractivity contribution in [1.29, 1.82) is 0 Å². The summed E-state index contributed by atoms with van der Waals surface area (Å²) in [7, 11) is 0. The second-order valence-electron chi connectivity index (χ2n) is 22.5. The fraction of sp³-hybridized carbons (Fsp3) is 0.576. The molecule has 3 aromatic rings. The van der Waals surface area contributed by atoms with Gasteiger partial charge in [-0.1, -0.05) is 49.3 Å². The van der Waals surface area contributed by atoms with Gasteiger partial charge in [0.2, 0.25) is 0 Å². The van der Waals surface area contributed by atoms with Crippen LogP contribution in [0.25, 0.3) is 17.2 Å². The summed E-state index contributed by atoms with van der Waals surface area (Å²) >= 11 is 0. The van der Waals surface area contributed by atoms with E-state index >= 15 is 0 Å². The van der Waals surface area contributed by atoms with Crippen LogP contribution < -0.4 is 0 Å². The third kappa shape index (κ3) is 13.3. The van der Waals surface area contributed by atoms with Crippen molar-refractivity contribution < 1.29 is 8.78 Å². The molecule has 0 aliphatic heterocycles. The highest BCUT2D eigenvalue weighted by Crippen LogP contribution is 2.40. The Bertz CT molecular complexity index is 2260. The Morgan fingerprint density at radius 2 is 0.735 bits per heavy atom. The van der Waals surface area contributed by atoms with Gasteiger partial charge in [-0.15, -0.1) is 0 Å². The van der Waals surface area contributed by atoms with E-state index in [1.165, 1.54) is 196 Å². The summed E-state index contributed by atoms with van der Waals surface area (Å²) in [4.78, 5) is 0. The molecule has 2 heteroatoms. The molecule has 0 nitrogen and oxygen atoms in total. The Kier molecular flexibility index (Phi) is 20.6. The fourth-order valence-corrected chi connectivity index (χ4v) is 12.9. The molecule has 0 saturated heterocycles. The van der Waals surface area contributed by atoms with Crippen molar-refractivity contribution in [3.8, 4) is 0 Å². The lowest BCUT2D eigenvalue weighted by molar-refractivity contribution is 0.264. The quantitative estimate of drug-likeness (QED) is 0.118. The van der Waals surface area contributed by atoms with E-state index in [4.69, 9.17) is 0 Å². The predicted molar refractivity (Wildman–Crippen MR) is 296 cm³/mol. The molecular formula is C66H94F2. The van der Waals surface area contributed by atoms with Gasteiger partial charge in [-0.05, 0) is 347 Å². The van der Waals surface area contributed by atoms with Gasteiger partial charge in [0.15, 0.2) is 0 Å². The van der Waals surface area contributed by atoms with Crippen LogP contribution in [0.4, 0.5) is 8.78 Å². The minimum atomic E-state index is 0.684. The van der Waals surface area contributed by atoms with E-state index in [1.54, 1.807) is 17.7 Å². The molecule has 0 atom stereocenters. The van der Waals surface area contributed by atoms with E-state index in [0.717, 1.165) is 36.5 Å². The fourth-order valence-electron chi connectivity index (χ4n) is 12.9. The molecule has 0 bridgehead atoms. The van der Waals surface area contributed by atoms with Crippen molar-refractivity contribution >= 4 is 17.2 Å². The Morgan fingerprint density at radius 1 is 0.397 bits per heavy atom. The normalized spacial score (nSPS) is 23.0. The Morgan fingerprint density at radius 3 is 1.15 bits per heavy atom. The average Bonchev–Trinajstić information content (AvgIpc) is 3.34. The second-order valence-corrected chi connectivity index (χ2v) is 22.5. The first-order valence-corrected chi connectivity index (χ1v) is 27.1. The van der Waals surface area contributed by atoms with Crippen LogP contribution in [-0.4, -0.2) is 0 Å². The van der Waals surface area contributed by atoms with Crippen molar-refractivity contribution in [2.45, 2.75) is 214 Å². The van der Waals surface area contributed by atoms with Gasteiger partial charge < -0.3 is 0 Å². The van der Waals surface area contributed by atoms with Crippen molar-refractivity contribution in [3.05, 3.63) is 143 Å². The molecule has 3 aromatic carbocycles. The van der Waals surface area contributed by atoms with Crippen LogP contribution >= 0.6 is 0 Å². The number of halogens is 2. The molecule has 3 fully saturated rings. The molecule has 0 aromatic heterocycles. The van der Waals surface area contributed by atoms with E-state index in [2.05, 4.69) is 135 Å². The molecule has 0 N–H and O–H groups in total. The summed E-state index contributed by atoms with van der Waals surface area (Å²) in [6.45, 7) is 36.7. The van der Waals surface area contributed by atoms with Gasteiger partial charge in [0.1, 0.15) is 0 Å². The standard InChI is InChI=1S/C35H49F.C31H45F/c1-21(35-29(9)23(3)22(2)24(4)30(35)10)20-34-27(7)25(5)33(26(6)28(34)8)18-17-32-15-13-31(14-16-32)12-11-19-36;1-21(31-25(5)23(3)22(2)24(4)26(31)6)20-30-17-15-29(16-18-30)14-13-28-11-9-27(10-12-28)8-7-19-32/h11,19-20,31-32H,12-18H2,1-10H3;7,13-14,19-20,27-30H,8-12,15-18H2,1-6H3/b19-11+,21-20+;14-13?,19-7+,21-20?. The van der Waals surface area contributed by atoms with Crippen molar-refractivity contribution in [2.75, 3.05) is 0 Å². The third-order valence-corrected chi connectivity index (χ3v) is 18.7. The van der Waals surface area contributed by atoms with Gasteiger partial charge >= 0.3 is 0 Å². The molecule has 3 saturated carbocycles. The molecule has 0 unspecified atom stereocenters. The highest BCUT2D eigenvalue weighted by molar-refractivity contribution is 5.86. The minimum absolute atomic E-state index is 0.684. The molecular weight excluding hydrogens is 831 g/mol. The van der Waals surface area contributed by atoms with E-state index in [-0.39, 0.29) is 0 Å². The second kappa shape index (κ2) is 25.4. The van der Waals surface area contributed by atoms with Gasteiger partial charge in [0, 0.05) is 0 Å². The maximum Gasteiger partial charge on any atom is 0.0827 e. The summed E-state index contributed by atoms with van der Waals surface area (Å²) in [6.07, 6.45) is 34.7. The molecule has 0 heterocycles. The van der Waals surface area contributed by atoms with Crippen LogP contribution in [0.3, 0.4) is 0 Å². The molecule has 372 valence electrons. The molecule has 3 aliphatic carbocycles. The van der Waals surface area contributed by atoms with Crippen LogP contribution in [-0.2, 0) is 6.42 Å². The molecule has 68 heavy (non-hydrogen) atoms. The van der Waals surface area contributed by atoms with Crippen LogP contribution in [0.1, 0.15) is 210 Å². The largest absolute Gasteiger partial charge is 0.216 e. The van der Waals surface area contributed by atoms with E-state index in [0.29, 0.717) is 24.5 Å². The zero-order chi connectivity index (χ0) is 50.0. The first kappa shape index (κ1) is 55.2. The van der Waals surface area contributed by atoms with E-state index in [9.17, 15) is 8.78 Å². The molecule has 0 amide bonds. The molecule has 0 radical (unpaired) electrons. The Hall–Kier alpha value is -3.78. The Balaban J connectivity index is 0.000000256. The molecule has 3 aliphatic rings. The summed E-state index contributed by atoms with van der Waals surface area (Å²) in [5.74, 6) is 4.43. The topological polar surface area (TPSA) is 0 Å². The van der Waals surface area contributed by atoms with Crippen LogP contribution in [0, 0.1) is 132 Å². The van der Waals surface area contributed by atoms with Crippen molar-refractivity contribution in [2.24, 2.45) is 35.5 Å². The zero-order valence-corrected chi connectivity index (χ0v) is 46.2. The number of allylic oxidation sites excluding steroid dienone is 7. The lowest BCUT2D eigenvalue weighted by Crippen LogP contribution is -2.15. The van der Waals surface area contributed by atoms with Gasteiger partial charge in [0.05, 0.1) is 12.7 Å². The SMILES string of the molecule is C/C(=C\c1c(C)c(C)c(CCC2CCC(C/C=C/F)CC2)c(C)c1C)c1c(C)c(C)c(C)c(C)c1C.CC(=CC1CCC(C=CC2CCC(C/C=C/F)CC2)CC1)c1c(C)c(C)c(C)c(C)c1C. The van der Waals surface area contributed by atoms with Gasteiger partial charge in [-0.2, -0.15) is 0 Å². The zero-order valence-electron chi connectivity index (χ0n) is 46.2. The van der Waals surface area contributed by atoms with Gasteiger partial charge in [0.25, 0.3) is 0 Å². The van der Waals surface area contributed by atoms with Gasteiger partial charge in [-0.3, -0.25) is 0 Å². The lowest BCUT2D eigenvalue weighted by atomic mass is 9.77. The summed E-state index contributed by atoms with van der Waals surface area (Å²) in [5, 5.41) is 0. The first-order valence-electron chi connectivity index (χ1n) is 27.1. The van der Waals surface area contributed by atoms with Gasteiger partial charge in [-0.25, -0.2) is 8.78 Å². The van der Waals surface area contributed by atoms with Crippen LogP contribution in [0.15, 0.2) is 43.0 Å². The predicted octanol–water partition coefficient (Wildman–Crippen LogP) is 20.3. The summed E-state index contributed by atoms with van der Waals surface area (Å²) < 4.78 is 24.6. The van der Waals surface area contributed by atoms with Crippen molar-refractivity contribution in [3.63, 3.8) is 0 Å². The minimum Gasteiger partial charge on any atom is -0.216 e. The maximum atomic E-state index is 12.4. The lowest BCUT2D eigenvalue weighted by Gasteiger charge is -2.28. The third-order valence-electron chi connectivity index (χ3n) is 18.7. The van der Waals surface area contributed by atoms with Crippen molar-refractivity contribution in [1.82, 2.24) is 0 Å². The number of hydrogen-bond donors (Lipinski definition) is 0. The monoisotopic (exact) mass is 925 g/mol. The highest BCUT2D eigenvalue weighted by Gasteiger charge is 2.24. The summed E-state index contributed by atoms with van der Waals surface area (Å²) in [5.41, 5.74) is 28.9. The maximum absolute atomic E-state index is 12.4. The smallest absolute Gasteiger partial charge is 0.0827 e. The average molecular weight is 925 g/mol. The van der Waals surface area contributed by atoms with E-state index < -0.39 is 0 Å². The first-order chi connectivity index (χ1) is 32.3. The number of rotatable bonds is 13. The van der Waals surface area contributed by atoms with E-state index in [1.807, 2.05) is 0 Å². The molecule has 6 rings (SSSR count). The highest BCUT2D eigenvalue weighted by atomic mass is 19.1. The molecule has 0 spiro atoms. The van der Waals surface area contributed by atoms with Crippen LogP contribution in [0.5, 0.6) is 0 Å². The number of benzene rings is 3. The summed E-state index contributed by atoms with van der Waals surface area (Å²) in [6, 6.07) is 0. The van der Waals surface area contributed by atoms with Crippen LogP contribution in [0.2, 0.25) is 0 Å².